The monoisotopic (exact) mass is 209 g/mol. The Kier molecular flexibility index (Phi) is 3.75. The number of nitrogens with two attached hydrogens (primary N) is 1. The second kappa shape index (κ2) is 4.51. The van der Waals surface area contributed by atoms with E-state index in [0.29, 0.717) is 5.41 Å². The van der Waals surface area contributed by atoms with Crippen molar-refractivity contribution in [2.75, 3.05) is 19.6 Å². The molecule has 1 aliphatic rings. The van der Waals surface area contributed by atoms with Gasteiger partial charge in [-0.2, -0.15) is 5.26 Å². The number of hydrogen-bond acceptors (Lipinski definition) is 3. The minimum Gasteiger partial charge on any atom is -0.313 e. The fourth-order valence-electron chi connectivity index (χ4n) is 1.78. The van der Waals surface area contributed by atoms with E-state index in [1.54, 1.807) is 0 Å². The average molecular weight is 209 g/mol. The Labute approximate surface area is 93.2 Å². The molecule has 0 atom stereocenters. The van der Waals surface area contributed by atoms with Crippen molar-refractivity contribution in [1.82, 2.24) is 4.90 Å². The maximum absolute atomic E-state index is 8.90. The standard InChI is InChI=1S/C12H23N3/c1-11(2,3)4-7-15-8-5-12(14,10-13)6-9-15/h4-9,14H2,1-3H3. The van der Waals surface area contributed by atoms with Gasteiger partial charge in [0.1, 0.15) is 5.54 Å². The third-order valence-corrected chi connectivity index (χ3v) is 3.15. The van der Waals surface area contributed by atoms with Gasteiger partial charge < -0.3 is 10.6 Å². The molecule has 15 heavy (non-hydrogen) atoms. The van der Waals surface area contributed by atoms with Gasteiger partial charge in [-0.3, -0.25) is 0 Å². The minimum absolute atomic E-state index is 0.395. The smallest absolute Gasteiger partial charge is 0.106 e. The maximum atomic E-state index is 8.90. The molecule has 1 rings (SSSR count). The van der Waals surface area contributed by atoms with Gasteiger partial charge in [-0.05, 0) is 31.2 Å². The molecule has 1 heterocycles. The number of hydrogen-bond donors (Lipinski definition) is 1. The third kappa shape index (κ3) is 4.19. The Morgan fingerprint density at radius 2 is 1.87 bits per heavy atom. The summed E-state index contributed by atoms with van der Waals surface area (Å²) in [7, 11) is 0. The zero-order valence-corrected chi connectivity index (χ0v) is 10.2. The average Bonchev–Trinajstić information content (AvgIpc) is 2.16. The summed E-state index contributed by atoms with van der Waals surface area (Å²) in [4.78, 5) is 2.42. The fourth-order valence-corrected chi connectivity index (χ4v) is 1.78. The summed E-state index contributed by atoms with van der Waals surface area (Å²) >= 11 is 0. The highest BCUT2D eigenvalue weighted by Gasteiger charge is 2.30. The first-order valence-electron chi connectivity index (χ1n) is 5.77. The van der Waals surface area contributed by atoms with Crippen LogP contribution in [0.2, 0.25) is 0 Å². The summed E-state index contributed by atoms with van der Waals surface area (Å²) in [5.41, 5.74) is 5.75. The van der Waals surface area contributed by atoms with E-state index in [0.717, 1.165) is 32.5 Å². The molecule has 3 nitrogen and oxygen atoms in total. The molecule has 0 aromatic heterocycles. The van der Waals surface area contributed by atoms with Crippen molar-refractivity contribution < 1.29 is 0 Å². The van der Waals surface area contributed by atoms with Gasteiger partial charge in [0.25, 0.3) is 0 Å². The molecule has 0 unspecified atom stereocenters. The van der Waals surface area contributed by atoms with Gasteiger partial charge in [0.15, 0.2) is 0 Å². The molecule has 0 aromatic rings. The van der Waals surface area contributed by atoms with Gasteiger partial charge >= 0.3 is 0 Å². The van der Waals surface area contributed by atoms with Gasteiger partial charge in [-0.1, -0.05) is 20.8 Å². The summed E-state index contributed by atoms with van der Waals surface area (Å²) in [5.74, 6) is 0. The molecule has 1 saturated heterocycles. The summed E-state index contributed by atoms with van der Waals surface area (Å²) in [6.45, 7) is 9.86. The molecule has 0 bridgehead atoms. The first-order chi connectivity index (χ1) is 6.85. The van der Waals surface area contributed by atoms with E-state index >= 15 is 0 Å². The van der Waals surface area contributed by atoms with Crippen LogP contribution in [-0.2, 0) is 0 Å². The third-order valence-electron chi connectivity index (χ3n) is 3.15. The minimum atomic E-state index is -0.557. The quantitative estimate of drug-likeness (QED) is 0.753. The molecule has 3 heteroatoms. The molecule has 0 amide bonds. The predicted molar refractivity (Wildman–Crippen MR) is 62.3 cm³/mol. The number of nitriles is 1. The van der Waals surface area contributed by atoms with Crippen molar-refractivity contribution in [2.24, 2.45) is 11.1 Å². The first-order valence-corrected chi connectivity index (χ1v) is 5.77. The lowest BCUT2D eigenvalue weighted by Crippen LogP contribution is -2.49. The molecule has 0 aromatic carbocycles. The van der Waals surface area contributed by atoms with Crippen molar-refractivity contribution in [3.05, 3.63) is 0 Å². The van der Waals surface area contributed by atoms with Crippen molar-refractivity contribution in [3.63, 3.8) is 0 Å². The van der Waals surface area contributed by atoms with Gasteiger partial charge in [0.05, 0.1) is 6.07 Å². The lowest BCUT2D eigenvalue weighted by molar-refractivity contribution is 0.167. The van der Waals surface area contributed by atoms with Crippen molar-refractivity contribution in [2.45, 2.75) is 45.6 Å². The normalized spacial score (nSPS) is 22.3. The molecular weight excluding hydrogens is 186 g/mol. The van der Waals surface area contributed by atoms with Crippen molar-refractivity contribution in [3.8, 4) is 6.07 Å². The number of rotatable bonds is 2. The van der Waals surface area contributed by atoms with Crippen LogP contribution in [0.25, 0.3) is 0 Å². The van der Waals surface area contributed by atoms with Crippen molar-refractivity contribution in [1.29, 1.82) is 5.26 Å². The molecular formula is C12H23N3. The van der Waals surface area contributed by atoms with Gasteiger partial charge in [0.2, 0.25) is 0 Å². The number of likely N-dealkylation sites (tertiary alicyclic amines) is 1. The molecule has 0 aliphatic carbocycles. The van der Waals surface area contributed by atoms with Crippen LogP contribution in [0, 0.1) is 16.7 Å². The highest BCUT2D eigenvalue weighted by Crippen LogP contribution is 2.22. The largest absolute Gasteiger partial charge is 0.313 e. The SMILES string of the molecule is CC(C)(C)CCN1CCC(N)(C#N)CC1. The summed E-state index contributed by atoms with van der Waals surface area (Å²) < 4.78 is 0. The van der Waals surface area contributed by atoms with Gasteiger partial charge in [-0.25, -0.2) is 0 Å². The zero-order valence-electron chi connectivity index (χ0n) is 10.2. The first kappa shape index (κ1) is 12.5. The summed E-state index contributed by atoms with van der Waals surface area (Å²) in [6.07, 6.45) is 2.83. The highest BCUT2D eigenvalue weighted by molar-refractivity contribution is 5.07. The van der Waals surface area contributed by atoms with Crippen molar-refractivity contribution >= 4 is 0 Å². The second-order valence-corrected chi connectivity index (χ2v) is 5.92. The van der Waals surface area contributed by atoms with E-state index in [1.807, 2.05) is 0 Å². The van der Waals surface area contributed by atoms with Crippen LogP contribution in [0.4, 0.5) is 0 Å². The number of piperidine rings is 1. The molecule has 0 spiro atoms. The van der Waals surface area contributed by atoms with Crippen LogP contribution < -0.4 is 5.73 Å². The molecule has 2 N–H and O–H groups in total. The Morgan fingerprint density at radius 3 is 2.27 bits per heavy atom. The predicted octanol–water partition coefficient (Wildman–Crippen LogP) is 1.74. The Balaban J connectivity index is 2.30. The molecule has 0 radical (unpaired) electrons. The zero-order chi connectivity index (χ0) is 11.5. The topological polar surface area (TPSA) is 53.0 Å². The highest BCUT2D eigenvalue weighted by atomic mass is 15.1. The van der Waals surface area contributed by atoms with E-state index < -0.39 is 5.54 Å². The molecule has 1 fully saturated rings. The Hall–Kier alpha value is -0.590. The van der Waals surface area contributed by atoms with Crippen LogP contribution in [0.5, 0.6) is 0 Å². The molecule has 0 saturated carbocycles. The van der Waals surface area contributed by atoms with E-state index in [9.17, 15) is 0 Å². The number of nitrogens with zero attached hydrogens (tertiary/aromatic N) is 2. The van der Waals surface area contributed by atoms with Crippen LogP contribution in [-0.4, -0.2) is 30.1 Å². The van der Waals surface area contributed by atoms with Crippen LogP contribution in [0.1, 0.15) is 40.0 Å². The lowest BCUT2D eigenvalue weighted by Gasteiger charge is -2.35. The second-order valence-electron chi connectivity index (χ2n) is 5.92. The van der Waals surface area contributed by atoms with Crippen LogP contribution in [0.3, 0.4) is 0 Å². The van der Waals surface area contributed by atoms with E-state index in [4.69, 9.17) is 11.0 Å². The molecule has 1 aliphatic heterocycles. The van der Waals surface area contributed by atoms with Crippen LogP contribution in [0.15, 0.2) is 0 Å². The van der Waals surface area contributed by atoms with Crippen LogP contribution >= 0.6 is 0 Å². The van der Waals surface area contributed by atoms with E-state index in [-0.39, 0.29) is 0 Å². The fraction of sp³-hybridized carbons (Fsp3) is 0.917. The Morgan fingerprint density at radius 1 is 1.33 bits per heavy atom. The van der Waals surface area contributed by atoms with Gasteiger partial charge in [0, 0.05) is 13.1 Å². The summed E-state index contributed by atoms with van der Waals surface area (Å²) in [6, 6.07) is 2.22. The summed E-state index contributed by atoms with van der Waals surface area (Å²) in [5, 5.41) is 8.90. The molecule has 86 valence electrons. The maximum Gasteiger partial charge on any atom is 0.106 e. The van der Waals surface area contributed by atoms with Gasteiger partial charge in [-0.15, -0.1) is 0 Å². The lowest BCUT2D eigenvalue weighted by atomic mass is 9.88. The Bertz CT molecular complexity index is 239. The van der Waals surface area contributed by atoms with E-state index in [2.05, 4.69) is 31.7 Å². The van der Waals surface area contributed by atoms with E-state index in [1.165, 1.54) is 6.42 Å².